The molecule has 0 unspecified atom stereocenters. The summed E-state index contributed by atoms with van der Waals surface area (Å²) in [6.07, 6.45) is 0. The van der Waals surface area contributed by atoms with Gasteiger partial charge in [0.25, 0.3) is 0 Å². The molecule has 0 fully saturated rings. The number of carbonyl (C=O) groups excluding carboxylic acids is 1. The first-order valence-electron chi connectivity index (χ1n) is 6.19. The Hall–Kier alpha value is -2.51. The van der Waals surface area contributed by atoms with Gasteiger partial charge in [0.1, 0.15) is 5.82 Å². The maximum atomic E-state index is 13.3. The van der Waals surface area contributed by atoms with Crippen LogP contribution in [0.2, 0.25) is 5.02 Å². The van der Waals surface area contributed by atoms with E-state index in [4.69, 9.17) is 11.6 Å². The summed E-state index contributed by atoms with van der Waals surface area (Å²) in [4.78, 5) is 11.6. The predicted molar refractivity (Wildman–Crippen MR) is 81.8 cm³/mol. The molecule has 3 nitrogen and oxygen atoms in total. The van der Waals surface area contributed by atoms with Crippen LogP contribution in [0.25, 0.3) is 0 Å². The Kier molecular flexibility index (Phi) is 5.19. The number of hydrogen-bond donors (Lipinski definition) is 2. The van der Waals surface area contributed by atoms with Crippen molar-refractivity contribution in [3.8, 4) is 11.8 Å². The Morgan fingerprint density at radius 1 is 1.19 bits per heavy atom. The van der Waals surface area contributed by atoms with E-state index in [0.717, 1.165) is 0 Å². The predicted octanol–water partition coefficient (Wildman–Crippen LogP) is 3.65. The van der Waals surface area contributed by atoms with Crippen molar-refractivity contribution in [2.45, 2.75) is 0 Å². The van der Waals surface area contributed by atoms with Crippen LogP contribution >= 0.6 is 11.6 Å². The molecule has 106 valence electrons. The van der Waals surface area contributed by atoms with Gasteiger partial charge in [0.15, 0.2) is 0 Å². The van der Waals surface area contributed by atoms with E-state index < -0.39 is 6.03 Å². The molecule has 0 saturated heterocycles. The zero-order valence-corrected chi connectivity index (χ0v) is 11.7. The van der Waals surface area contributed by atoms with Gasteiger partial charge in [-0.1, -0.05) is 41.6 Å². The van der Waals surface area contributed by atoms with Crippen LogP contribution in [-0.2, 0) is 0 Å². The minimum Gasteiger partial charge on any atom is -0.327 e. The van der Waals surface area contributed by atoms with Gasteiger partial charge >= 0.3 is 6.03 Å². The third kappa shape index (κ3) is 4.83. The van der Waals surface area contributed by atoms with E-state index in [1.807, 2.05) is 0 Å². The summed E-state index contributed by atoms with van der Waals surface area (Å²) < 4.78 is 13.3. The quantitative estimate of drug-likeness (QED) is 0.817. The third-order valence-electron chi connectivity index (χ3n) is 2.52. The van der Waals surface area contributed by atoms with Gasteiger partial charge in [0, 0.05) is 10.7 Å². The van der Waals surface area contributed by atoms with Gasteiger partial charge < -0.3 is 10.6 Å². The average molecular weight is 303 g/mol. The Morgan fingerprint density at radius 2 is 2.00 bits per heavy atom. The fourth-order valence-electron chi connectivity index (χ4n) is 1.57. The minimum absolute atomic E-state index is 0.112. The highest BCUT2D eigenvalue weighted by molar-refractivity contribution is 6.30. The molecular weight excluding hydrogens is 291 g/mol. The second-order valence-electron chi connectivity index (χ2n) is 4.10. The molecule has 0 bridgehead atoms. The molecule has 2 N–H and O–H groups in total. The van der Waals surface area contributed by atoms with Crippen LogP contribution in [0, 0.1) is 17.7 Å². The summed E-state index contributed by atoms with van der Waals surface area (Å²) >= 11 is 5.81. The van der Waals surface area contributed by atoms with Crippen molar-refractivity contribution in [3.05, 3.63) is 64.9 Å². The van der Waals surface area contributed by atoms with Crippen molar-refractivity contribution in [2.75, 3.05) is 11.9 Å². The molecule has 2 rings (SSSR count). The van der Waals surface area contributed by atoms with Gasteiger partial charge in [-0.15, -0.1) is 0 Å². The van der Waals surface area contributed by atoms with E-state index in [-0.39, 0.29) is 12.4 Å². The van der Waals surface area contributed by atoms with Crippen LogP contribution in [0.5, 0.6) is 0 Å². The number of benzene rings is 2. The number of anilines is 1. The van der Waals surface area contributed by atoms with Crippen LogP contribution in [-0.4, -0.2) is 12.6 Å². The monoisotopic (exact) mass is 302 g/mol. The lowest BCUT2D eigenvalue weighted by Crippen LogP contribution is -2.28. The first-order chi connectivity index (χ1) is 10.1. The summed E-state index contributed by atoms with van der Waals surface area (Å²) in [6, 6.07) is 12.6. The second-order valence-corrected chi connectivity index (χ2v) is 4.54. The van der Waals surface area contributed by atoms with E-state index in [9.17, 15) is 9.18 Å². The molecule has 21 heavy (non-hydrogen) atoms. The summed E-state index contributed by atoms with van der Waals surface area (Å²) in [5.41, 5.74) is 0.886. The van der Waals surface area contributed by atoms with Gasteiger partial charge in [-0.05, 0) is 30.3 Å². The second kappa shape index (κ2) is 7.32. The van der Waals surface area contributed by atoms with E-state index in [0.29, 0.717) is 16.3 Å². The minimum atomic E-state index is -0.403. The zero-order valence-electron chi connectivity index (χ0n) is 11.0. The first kappa shape index (κ1) is 14.9. The molecule has 0 saturated carbocycles. The molecule has 2 aromatic rings. The number of amides is 2. The van der Waals surface area contributed by atoms with Crippen molar-refractivity contribution in [3.63, 3.8) is 0 Å². The number of carbonyl (C=O) groups is 1. The van der Waals surface area contributed by atoms with Gasteiger partial charge in [-0.3, -0.25) is 0 Å². The lowest BCUT2D eigenvalue weighted by Gasteiger charge is -2.05. The molecule has 0 aliphatic carbocycles. The molecule has 0 aromatic heterocycles. The fourth-order valence-corrected chi connectivity index (χ4v) is 1.76. The number of nitrogens with one attached hydrogen (secondary N) is 2. The van der Waals surface area contributed by atoms with Crippen molar-refractivity contribution in [2.24, 2.45) is 0 Å². The van der Waals surface area contributed by atoms with Crippen molar-refractivity contribution in [1.82, 2.24) is 5.32 Å². The van der Waals surface area contributed by atoms with Gasteiger partial charge in [-0.2, -0.15) is 0 Å². The highest BCUT2D eigenvalue weighted by Crippen LogP contribution is 2.14. The van der Waals surface area contributed by atoms with Gasteiger partial charge in [-0.25, -0.2) is 9.18 Å². The Bertz CT molecular complexity index is 707. The zero-order chi connectivity index (χ0) is 15.1. The van der Waals surface area contributed by atoms with Crippen molar-refractivity contribution >= 4 is 23.3 Å². The van der Waals surface area contributed by atoms with Gasteiger partial charge in [0.05, 0.1) is 12.1 Å². The molecule has 0 heterocycles. The third-order valence-corrected chi connectivity index (χ3v) is 2.75. The van der Waals surface area contributed by atoms with Crippen LogP contribution < -0.4 is 10.6 Å². The molecule has 0 radical (unpaired) electrons. The van der Waals surface area contributed by atoms with Gasteiger partial charge in [0.2, 0.25) is 0 Å². The normalized spacial score (nSPS) is 9.43. The van der Waals surface area contributed by atoms with E-state index in [1.165, 1.54) is 6.07 Å². The highest BCUT2D eigenvalue weighted by Gasteiger charge is 2.00. The topological polar surface area (TPSA) is 41.1 Å². The van der Waals surface area contributed by atoms with Crippen LogP contribution in [0.4, 0.5) is 14.9 Å². The SMILES string of the molecule is O=C(NCC#Cc1ccccc1F)Nc1cccc(Cl)c1. The van der Waals surface area contributed by atoms with Crippen LogP contribution in [0.15, 0.2) is 48.5 Å². The van der Waals surface area contributed by atoms with Crippen molar-refractivity contribution in [1.29, 1.82) is 0 Å². The molecule has 0 aliphatic rings. The number of urea groups is 1. The van der Waals surface area contributed by atoms with Crippen LogP contribution in [0.3, 0.4) is 0 Å². The first-order valence-corrected chi connectivity index (χ1v) is 6.57. The van der Waals surface area contributed by atoms with E-state index >= 15 is 0 Å². The smallest absolute Gasteiger partial charge is 0.319 e. The molecular formula is C16H12ClFN2O. The van der Waals surface area contributed by atoms with E-state index in [1.54, 1.807) is 42.5 Å². The molecule has 2 aromatic carbocycles. The number of hydrogen-bond acceptors (Lipinski definition) is 1. The Morgan fingerprint density at radius 3 is 2.76 bits per heavy atom. The van der Waals surface area contributed by atoms with Crippen LogP contribution in [0.1, 0.15) is 5.56 Å². The Balaban J connectivity index is 1.84. The average Bonchev–Trinajstić information content (AvgIpc) is 2.45. The number of halogens is 2. The summed E-state index contributed by atoms with van der Waals surface area (Å²) in [7, 11) is 0. The maximum Gasteiger partial charge on any atom is 0.319 e. The summed E-state index contributed by atoms with van der Waals surface area (Å²) in [6.45, 7) is 0.112. The standard InChI is InChI=1S/C16H12ClFN2O/c17-13-7-3-8-14(11-13)20-16(21)19-10-4-6-12-5-1-2-9-15(12)18/h1-3,5,7-9,11H,10H2,(H2,19,20,21). The highest BCUT2D eigenvalue weighted by atomic mass is 35.5. The maximum absolute atomic E-state index is 13.3. The largest absolute Gasteiger partial charge is 0.327 e. The molecule has 0 spiro atoms. The van der Waals surface area contributed by atoms with Crippen molar-refractivity contribution < 1.29 is 9.18 Å². The van der Waals surface area contributed by atoms with E-state index in [2.05, 4.69) is 22.5 Å². The summed E-state index contributed by atoms with van der Waals surface area (Å²) in [5.74, 6) is 4.95. The molecule has 0 aliphatic heterocycles. The lowest BCUT2D eigenvalue weighted by atomic mass is 10.2. The Labute approximate surface area is 127 Å². The number of rotatable bonds is 2. The molecule has 5 heteroatoms. The lowest BCUT2D eigenvalue weighted by molar-refractivity contribution is 0.253. The molecule has 0 atom stereocenters. The molecule has 2 amide bonds. The fraction of sp³-hybridized carbons (Fsp3) is 0.0625. The summed E-state index contributed by atoms with van der Waals surface area (Å²) in [5, 5.41) is 5.70.